The molecule has 1 amide bonds. The lowest BCUT2D eigenvalue weighted by atomic mass is 10.1. The Balaban J connectivity index is 1.69. The lowest BCUT2D eigenvalue weighted by Crippen LogP contribution is -2.20. The summed E-state index contributed by atoms with van der Waals surface area (Å²) < 4.78 is 1.91. The molecule has 0 aliphatic heterocycles. The number of anilines is 1. The first-order valence-electron chi connectivity index (χ1n) is 8.85. The van der Waals surface area contributed by atoms with E-state index in [1.807, 2.05) is 73.0 Å². The third-order valence-electron chi connectivity index (χ3n) is 4.51. The number of hydrogen-bond donors (Lipinski definition) is 1. The minimum atomic E-state index is -0.0951. The van der Waals surface area contributed by atoms with E-state index in [0.29, 0.717) is 5.82 Å². The molecule has 0 spiro atoms. The van der Waals surface area contributed by atoms with Gasteiger partial charge in [-0.25, -0.2) is 4.98 Å². The van der Waals surface area contributed by atoms with Gasteiger partial charge in [0.1, 0.15) is 12.2 Å². The van der Waals surface area contributed by atoms with E-state index in [9.17, 15) is 4.79 Å². The van der Waals surface area contributed by atoms with Crippen LogP contribution < -0.4 is 5.32 Å². The van der Waals surface area contributed by atoms with Crippen LogP contribution in [0.5, 0.6) is 0 Å². The Morgan fingerprint density at radius 3 is 2.63 bits per heavy atom. The highest BCUT2D eigenvalue weighted by Crippen LogP contribution is 2.24. The van der Waals surface area contributed by atoms with Crippen molar-refractivity contribution in [3.63, 3.8) is 0 Å². The van der Waals surface area contributed by atoms with E-state index in [0.717, 1.165) is 28.0 Å². The number of carbonyl (C=O) groups is 1. The fourth-order valence-electron chi connectivity index (χ4n) is 3.21. The van der Waals surface area contributed by atoms with Crippen LogP contribution in [0.4, 0.5) is 5.69 Å². The van der Waals surface area contributed by atoms with E-state index in [1.165, 1.54) is 5.56 Å². The highest BCUT2D eigenvalue weighted by Gasteiger charge is 2.16. The number of imidazole rings is 1. The maximum Gasteiger partial charge on any atom is 0.244 e. The van der Waals surface area contributed by atoms with Crippen LogP contribution in [0, 0.1) is 13.8 Å². The van der Waals surface area contributed by atoms with E-state index in [1.54, 1.807) is 6.20 Å². The van der Waals surface area contributed by atoms with Gasteiger partial charge in [-0.3, -0.25) is 9.78 Å². The largest absolute Gasteiger partial charge is 0.324 e. The van der Waals surface area contributed by atoms with Gasteiger partial charge in [-0.05, 0) is 49.7 Å². The number of aryl methyl sites for hydroxylation is 2. The number of rotatable bonds is 4. The number of amides is 1. The van der Waals surface area contributed by atoms with Gasteiger partial charge in [0.2, 0.25) is 5.91 Å². The van der Waals surface area contributed by atoms with Crippen LogP contribution in [0.2, 0.25) is 0 Å². The molecule has 2 aromatic carbocycles. The van der Waals surface area contributed by atoms with Gasteiger partial charge in [0.15, 0.2) is 5.82 Å². The van der Waals surface area contributed by atoms with E-state index in [2.05, 4.69) is 16.4 Å². The van der Waals surface area contributed by atoms with Crippen LogP contribution in [-0.2, 0) is 11.3 Å². The van der Waals surface area contributed by atoms with Crippen molar-refractivity contribution < 1.29 is 4.79 Å². The molecule has 0 saturated heterocycles. The molecule has 4 rings (SSSR count). The van der Waals surface area contributed by atoms with E-state index >= 15 is 0 Å². The van der Waals surface area contributed by atoms with Crippen LogP contribution in [0.1, 0.15) is 11.1 Å². The number of carbonyl (C=O) groups excluding carboxylic acids is 1. The minimum Gasteiger partial charge on any atom is -0.324 e. The molecule has 2 aromatic heterocycles. The zero-order chi connectivity index (χ0) is 18.8. The van der Waals surface area contributed by atoms with E-state index < -0.39 is 0 Å². The fraction of sp³-hybridized carbons (Fsp3) is 0.136. The molecule has 0 aliphatic rings. The summed E-state index contributed by atoms with van der Waals surface area (Å²) in [5.74, 6) is 0.592. The monoisotopic (exact) mass is 356 g/mol. The summed E-state index contributed by atoms with van der Waals surface area (Å²) in [6.07, 6.45) is 1.73. The average Bonchev–Trinajstić information content (AvgIpc) is 3.03. The fourth-order valence-corrected chi connectivity index (χ4v) is 3.21. The Bertz CT molecular complexity index is 1120. The highest BCUT2D eigenvalue weighted by atomic mass is 16.1. The number of para-hydroxylation sites is 2. The molecule has 5 nitrogen and oxygen atoms in total. The quantitative estimate of drug-likeness (QED) is 0.591. The molecule has 1 N–H and O–H groups in total. The lowest BCUT2D eigenvalue weighted by molar-refractivity contribution is -0.116. The molecule has 27 heavy (non-hydrogen) atoms. The molecule has 0 unspecified atom stereocenters. The molecular formula is C22H20N4O. The van der Waals surface area contributed by atoms with Crippen molar-refractivity contribution in [3.8, 4) is 11.5 Å². The Morgan fingerprint density at radius 1 is 1.04 bits per heavy atom. The first kappa shape index (κ1) is 17.0. The number of nitrogens with zero attached hydrogens (tertiary/aromatic N) is 3. The van der Waals surface area contributed by atoms with Crippen molar-refractivity contribution in [2.75, 3.05) is 5.32 Å². The van der Waals surface area contributed by atoms with E-state index in [4.69, 9.17) is 4.98 Å². The first-order valence-corrected chi connectivity index (χ1v) is 8.85. The summed E-state index contributed by atoms with van der Waals surface area (Å²) in [7, 11) is 0. The van der Waals surface area contributed by atoms with Gasteiger partial charge in [-0.15, -0.1) is 0 Å². The van der Waals surface area contributed by atoms with Crippen molar-refractivity contribution in [1.82, 2.24) is 14.5 Å². The molecule has 5 heteroatoms. The molecule has 2 heterocycles. The summed E-state index contributed by atoms with van der Waals surface area (Å²) in [5.41, 5.74) is 5.54. The van der Waals surface area contributed by atoms with Crippen molar-refractivity contribution in [3.05, 3.63) is 78.0 Å². The third kappa shape index (κ3) is 3.44. The second-order valence-corrected chi connectivity index (χ2v) is 6.59. The van der Waals surface area contributed by atoms with Gasteiger partial charge in [0.05, 0.1) is 11.0 Å². The topological polar surface area (TPSA) is 59.8 Å². The smallest absolute Gasteiger partial charge is 0.244 e. The highest BCUT2D eigenvalue weighted by molar-refractivity contribution is 5.93. The summed E-state index contributed by atoms with van der Waals surface area (Å²) in [6.45, 7) is 4.20. The molecule has 0 atom stereocenters. The van der Waals surface area contributed by atoms with Crippen LogP contribution in [-0.4, -0.2) is 20.4 Å². The average molecular weight is 356 g/mol. The zero-order valence-electron chi connectivity index (χ0n) is 15.3. The second-order valence-electron chi connectivity index (χ2n) is 6.59. The Morgan fingerprint density at radius 2 is 1.85 bits per heavy atom. The Hall–Kier alpha value is -3.47. The Labute approximate surface area is 157 Å². The van der Waals surface area contributed by atoms with Crippen LogP contribution in [0.15, 0.2) is 66.9 Å². The third-order valence-corrected chi connectivity index (χ3v) is 4.51. The zero-order valence-corrected chi connectivity index (χ0v) is 15.3. The normalized spacial score (nSPS) is 10.9. The predicted octanol–water partition coefficient (Wildman–Crippen LogP) is 4.35. The SMILES string of the molecule is Cc1ccc(NC(=O)Cn2c(-c3ccccn3)nc3ccccc32)c(C)c1. The van der Waals surface area contributed by atoms with Crippen molar-refractivity contribution in [1.29, 1.82) is 0 Å². The molecule has 134 valence electrons. The van der Waals surface area contributed by atoms with Gasteiger partial charge in [-0.1, -0.05) is 35.9 Å². The van der Waals surface area contributed by atoms with E-state index in [-0.39, 0.29) is 12.5 Å². The number of pyridine rings is 1. The molecule has 0 aliphatic carbocycles. The molecular weight excluding hydrogens is 336 g/mol. The number of hydrogen-bond acceptors (Lipinski definition) is 3. The second kappa shape index (κ2) is 7.03. The molecule has 0 radical (unpaired) electrons. The number of nitrogens with one attached hydrogen (secondary N) is 1. The summed E-state index contributed by atoms with van der Waals surface area (Å²) in [5, 5.41) is 3.01. The van der Waals surface area contributed by atoms with Gasteiger partial charge in [0.25, 0.3) is 0 Å². The van der Waals surface area contributed by atoms with Gasteiger partial charge < -0.3 is 9.88 Å². The van der Waals surface area contributed by atoms with Gasteiger partial charge in [0, 0.05) is 11.9 Å². The van der Waals surface area contributed by atoms with Gasteiger partial charge >= 0.3 is 0 Å². The molecule has 0 saturated carbocycles. The van der Waals surface area contributed by atoms with Crippen molar-refractivity contribution in [2.24, 2.45) is 0 Å². The minimum absolute atomic E-state index is 0.0951. The number of fused-ring (bicyclic) bond motifs is 1. The molecule has 0 bridgehead atoms. The number of aromatic nitrogens is 3. The summed E-state index contributed by atoms with van der Waals surface area (Å²) >= 11 is 0. The first-order chi connectivity index (χ1) is 13.1. The summed E-state index contributed by atoms with van der Waals surface area (Å²) in [6, 6.07) is 19.5. The van der Waals surface area contributed by atoms with Crippen LogP contribution in [0.25, 0.3) is 22.6 Å². The summed E-state index contributed by atoms with van der Waals surface area (Å²) in [4.78, 5) is 21.9. The van der Waals surface area contributed by atoms with Crippen LogP contribution in [0.3, 0.4) is 0 Å². The standard InChI is InChI=1S/C22H20N4O/c1-15-10-11-17(16(2)13-15)24-21(27)14-26-20-9-4-3-7-18(20)25-22(26)19-8-5-6-12-23-19/h3-13H,14H2,1-2H3,(H,24,27). The predicted molar refractivity (Wildman–Crippen MR) is 108 cm³/mol. The maximum absolute atomic E-state index is 12.8. The molecule has 0 fully saturated rings. The van der Waals surface area contributed by atoms with Crippen molar-refractivity contribution in [2.45, 2.75) is 20.4 Å². The lowest BCUT2D eigenvalue weighted by Gasteiger charge is -2.12. The molecule has 4 aromatic rings. The van der Waals surface area contributed by atoms with Gasteiger partial charge in [-0.2, -0.15) is 0 Å². The van der Waals surface area contributed by atoms with Crippen molar-refractivity contribution >= 4 is 22.6 Å². The number of benzene rings is 2. The van der Waals surface area contributed by atoms with Crippen LogP contribution >= 0.6 is 0 Å². The Kier molecular flexibility index (Phi) is 4.42. The maximum atomic E-state index is 12.8.